The summed E-state index contributed by atoms with van der Waals surface area (Å²) < 4.78 is 6.94. The van der Waals surface area contributed by atoms with Crippen molar-refractivity contribution in [1.29, 1.82) is 0 Å². The maximum atomic E-state index is 11.2. The summed E-state index contributed by atoms with van der Waals surface area (Å²) in [6.07, 6.45) is 3.35. The highest BCUT2D eigenvalue weighted by Gasteiger charge is 2.18. The number of aryl methyl sites for hydroxylation is 2. The molecule has 1 aromatic heterocycles. The van der Waals surface area contributed by atoms with E-state index in [-0.39, 0.29) is 0 Å². The summed E-state index contributed by atoms with van der Waals surface area (Å²) in [5.41, 5.74) is 4.84. The Morgan fingerprint density at radius 1 is 1.39 bits per heavy atom. The first kappa shape index (κ1) is 10.8. The van der Waals surface area contributed by atoms with Crippen LogP contribution in [0.1, 0.15) is 16.8 Å². The Labute approximate surface area is 104 Å². The van der Waals surface area contributed by atoms with Gasteiger partial charge in [-0.15, -0.1) is 0 Å². The van der Waals surface area contributed by atoms with E-state index in [1.165, 1.54) is 0 Å². The molecule has 5 heteroatoms. The molecule has 0 saturated carbocycles. The molecule has 0 radical (unpaired) electrons. The van der Waals surface area contributed by atoms with Gasteiger partial charge in [-0.25, -0.2) is 9.78 Å². The van der Waals surface area contributed by atoms with Crippen LogP contribution < -0.4 is 5.32 Å². The van der Waals surface area contributed by atoms with Gasteiger partial charge in [-0.2, -0.15) is 0 Å². The Kier molecular flexibility index (Phi) is 2.33. The Balaban J connectivity index is 2.09. The van der Waals surface area contributed by atoms with Crippen molar-refractivity contribution < 1.29 is 9.53 Å². The number of amides is 1. The number of carbonyl (C=O) groups is 1. The number of anilines is 1. The smallest absolute Gasteiger partial charge is 0.411 e. The van der Waals surface area contributed by atoms with Crippen molar-refractivity contribution in [2.24, 2.45) is 0 Å². The van der Waals surface area contributed by atoms with Crippen LogP contribution in [0, 0.1) is 13.8 Å². The maximum Gasteiger partial charge on any atom is 0.411 e. The van der Waals surface area contributed by atoms with Crippen molar-refractivity contribution in [3.63, 3.8) is 0 Å². The molecule has 2 aromatic rings. The van der Waals surface area contributed by atoms with Gasteiger partial charge < -0.3 is 9.30 Å². The minimum Gasteiger partial charge on any atom is -0.444 e. The van der Waals surface area contributed by atoms with Crippen LogP contribution in [0.4, 0.5) is 10.5 Å². The van der Waals surface area contributed by atoms with Crippen LogP contribution in [0.15, 0.2) is 24.7 Å². The van der Waals surface area contributed by atoms with E-state index in [0.29, 0.717) is 6.61 Å². The van der Waals surface area contributed by atoms with Crippen molar-refractivity contribution in [3.05, 3.63) is 41.5 Å². The number of hydrogen-bond donors (Lipinski definition) is 1. The monoisotopic (exact) mass is 243 g/mol. The Morgan fingerprint density at radius 3 is 2.94 bits per heavy atom. The second kappa shape index (κ2) is 3.87. The van der Waals surface area contributed by atoms with Crippen molar-refractivity contribution in [2.45, 2.75) is 20.5 Å². The maximum absolute atomic E-state index is 11.2. The fourth-order valence-electron chi connectivity index (χ4n) is 2.13. The van der Waals surface area contributed by atoms with Gasteiger partial charge in [0.2, 0.25) is 0 Å². The van der Waals surface area contributed by atoms with Gasteiger partial charge in [0.25, 0.3) is 0 Å². The zero-order valence-electron chi connectivity index (χ0n) is 10.2. The summed E-state index contributed by atoms with van der Waals surface area (Å²) in [5, 5.41) is 2.73. The molecule has 0 aliphatic carbocycles. The van der Waals surface area contributed by atoms with Crippen LogP contribution in [0.5, 0.6) is 0 Å². The van der Waals surface area contributed by atoms with E-state index in [4.69, 9.17) is 4.74 Å². The second-order valence-electron chi connectivity index (χ2n) is 4.42. The predicted octanol–water partition coefficient (Wildman–Crippen LogP) is 2.55. The number of hydrogen-bond acceptors (Lipinski definition) is 3. The molecule has 1 aliphatic rings. The summed E-state index contributed by atoms with van der Waals surface area (Å²) in [5.74, 6) is 0. The average Bonchev–Trinajstić information content (AvgIpc) is 2.77. The van der Waals surface area contributed by atoms with E-state index in [9.17, 15) is 4.79 Å². The number of aromatic nitrogens is 2. The number of benzene rings is 1. The lowest BCUT2D eigenvalue weighted by Gasteiger charge is -2.20. The minimum atomic E-state index is -0.392. The lowest BCUT2D eigenvalue weighted by atomic mass is 10.1. The first-order valence-electron chi connectivity index (χ1n) is 5.72. The first-order valence-corrected chi connectivity index (χ1v) is 5.72. The van der Waals surface area contributed by atoms with Crippen molar-refractivity contribution >= 4 is 11.8 Å². The molecule has 5 nitrogen and oxygen atoms in total. The molecule has 0 fully saturated rings. The van der Waals surface area contributed by atoms with Crippen LogP contribution >= 0.6 is 0 Å². The van der Waals surface area contributed by atoms with Crippen molar-refractivity contribution in [3.8, 4) is 5.69 Å². The highest BCUT2D eigenvalue weighted by atomic mass is 16.5. The van der Waals surface area contributed by atoms with E-state index >= 15 is 0 Å². The van der Waals surface area contributed by atoms with Gasteiger partial charge in [0, 0.05) is 17.4 Å². The zero-order chi connectivity index (χ0) is 12.7. The molecule has 0 bridgehead atoms. The van der Waals surface area contributed by atoms with E-state index in [1.54, 1.807) is 6.33 Å². The molecule has 0 saturated heterocycles. The van der Waals surface area contributed by atoms with Gasteiger partial charge in [-0.3, -0.25) is 5.32 Å². The fraction of sp³-hybridized carbons (Fsp3) is 0.231. The van der Waals surface area contributed by atoms with Gasteiger partial charge in [0.05, 0.1) is 17.7 Å². The van der Waals surface area contributed by atoms with Crippen LogP contribution in [-0.4, -0.2) is 15.6 Å². The fourth-order valence-corrected chi connectivity index (χ4v) is 2.13. The normalized spacial score (nSPS) is 13.8. The molecular formula is C13H13N3O2. The average molecular weight is 243 g/mol. The number of nitrogens with zero attached hydrogens (tertiary/aromatic N) is 2. The SMILES string of the molecule is Cc1cn(-c2cc(C)c3c(c2)COC(=O)N3)cn1. The number of ether oxygens (including phenoxy) is 1. The standard InChI is InChI=1S/C13H13N3O2/c1-8-3-11(16-5-9(2)14-7-16)4-10-6-18-13(17)15-12(8)10/h3-5,7H,6H2,1-2H3,(H,15,17). The number of fused-ring (bicyclic) bond motifs is 1. The van der Waals surface area contributed by atoms with Gasteiger partial charge in [0.15, 0.2) is 0 Å². The third-order valence-corrected chi connectivity index (χ3v) is 3.00. The molecule has 3 rings (SSSR count). The lowest BCUT2D eigenvalue weighted by Crippen LogP contribution is -2.21. The van der Waals surface area contributed by atoms with E-state index in [1.807, 2.05) is 36.7 Å². The van der Waals surface area contributed by atoms with Crippen LogP contribution in [0.3, 0.4) is 0 Å². The van der Waals surface area contributed by atoms with Crippen LogP contribution in [-0.2, 0) is 11.3 Å². The molecule has 92 valence electrons. The van der Waals surface area contributed by atoms with E-state index in [0.717, 1.165) is 28.2 Å². The Bertz CT molecular complexity index is 631. The highest BCUT2D eigenvalue weighted by molar-refractivity contribution is 5.89. The Hall–Kier alpha value is -2.30. The van der Waals surface area contributed by atoms with Crippen LogP contribution in [0.2, 0.25) is 0 Å². The second-order valence-corrected chi connectivity index (χ2v) is 4.42. The molecule has 0 unspecified atom stereocenters. The summed E-state index contributed by atoms with van der Waals surface area (Å²) in [6.45, 7) is 4.23. The zero-order valence-corrected chi connectivity index (χ0v) is 10.2. The molecular weight excluding hydrogens is 230 g/mol. The lowest BCUT2D eigenvalue weighted by molar-refractivity contribution is 0.151. The molecule has 1 N–H and O–H groups in total. The molecule has 0 spiro atoms. The van der Waals surface area contributed by atoms with E-state index < -0.39 is 6.09 Å². The molecule has 1 aromatic carbocycles. The van der Waals surface area contributed by atoms with Crippen molar-refractivity contribution in [2.75, 3.05) is 5.32 Å². The largest absolute Gasteiger partial charge is 0.444 e. The molecule has 1 aliphatic heterocycles. The van der Waals surface area contributed by atoms with Gasteiger partial charge in [0.1, 0.15) is 6.61 Å². The third kappa shape index (κ3) is 1.73. The van der Waals surface area contributed by atoms with E-state index in [2.05, 4.69) is 10.3 Å². The summed E-state index contributed by atoms with van der Waals surface area (Å²) >= 11 is 0. The molecule has 18 heavy (non-hydrogen) atoms. The number of cyclic esters (lactones) is 1. The quantitative estimate of drug-likeness (QED) is 0.837. The highest BCUT2D eigenvalue weighted by Crippen LogP contribution is 2.28. The predicted molar refractivity (Wildman–Crippen MR) is 66.8 cm³/mol. The topological polar surface area (TPSA) is 56.1 Å². The summed E-state index contributed by atoms with van der Waals surface area (Å²) in [7, 11) is 0. The van der Waals surface area contributed by atoms with Crippen LogP contribution in [0.25, 0.3) is 5.69 Å². The van der Waals surface area contributed by atoms with Gasteiger partial charge in [-0.1, -0.05) is 0 Å². The summed E-state index contributed by atoms with van der Waals surface area (Å²) in [4.78, 5) is 15.4. The number of rotatable bonds is 1. The summed E-state index contributed by atoms with van der Waals surface area (Å²) in [6, 6.07) is 4.02. The first-order chi connectivity index (χ1) is 8.63. The number of nitrogens with one attached hydrogen (secondary N) is 1. The molecule has 2 heterocycles. The number of carbonyl (C=O) groups excluding carboxylic acids is 1. The van der Waals surface area contributed by atoms with Gasteiger partial charge in [-0.05, 0) is 31.5 Å². The Morgan fingerprint density at radius 2 is 2.22 bits per heavy atom. The molecule has 0 atom stereocenters. The van der Waals surface area contributed by atoms with Crippen molar-refractivity contribution in [1.82, 2.24) is 9.55 Å². The molecule has 1 amide bonds. The third-order valence-electron chi connectivity index (χ3n) is 3.00. The van der Waals surface area contributed by atoms with Gasteiger partial charge >= 0.3 is 6.09 Å². The minimum absolute atomic E-state index is 0.309. The number of imidazole rings is 1.